The van der Waals surface area contributed by atoms with Crippen LogP contribution in [0.3, 0.4) is 0 Å². The molecule has 0 spiro atoms. The van der Waals surface area contributed by atoms with Gasteiger partial charge in [0.2, 0.25) is 5.91 Å². The van der Waals surface area contributed by atoms with Gasteiger partial charge in [0.25, 0.3) is 0 Å². The molecule has 0 aromatic heterocycles. The van der Waals surface area contributed by atoms with Crippen LogP contribution in [0.5, 0.6) is 0 Å². The zero-order chi connectivity index (χ0) is 13.2. The number of amides is 1. The molecule has 1 heterocycles. The van der Waals surface area contributed by atoms with E-state index in [9.17, 15) is 4.79 Å². The lowest BCUT2D eigenvalue weighted by atomic mass is 10.00. The average molecular weight is 246 g/mol. The Balaban J connectivity index is 2.15. The Kier molecular flexibility index (Phi) is 3.71. The first-order valence-corrected chi connectivity index (χ1v) is 6.59. The number of rotatable bonds is 2. The third kappa shape index (κ3) is 2.91. The minimum atomic E-state index is -0.0950. The second-order valence-electron chi connectivity index (χ2n) is 5.66. The highest BCUT2D eigenvalue weighted by Crippen LogP contribution is 2.24. The maximum atomic E-state index is 12.3. The first-order valence-electron chi connectivity index (χ1n) is 6.59. The van der Waals surface area contributed by atoms with Gasteiger partial charge in [0.1, 0.15) is 0 Å². The highest BCUT2D eigenvalue weighted by molar-refractivity contribution is 5.78. The first-order chi connectivity index (χ1) is 8.49. The van der Waals surface area contributed by atoms with Crippen molar-refractivity contribution < 1.29 is 4.79 Å². The summed E-state index contributed by atoms with van der Waals surface area (Å²) in [5, 5.41) is 3.43. The lowest BCUT2D eigenvalue weighted by Crippen LogP contribution is -2.39. The number of hydrogen-bond donors (Lipinski definition) is 1. The van der Waals surface area contributed by atoms with E-state index in [2.05, 4.69) is 38.2 Å². The summed E-state index contributed by atoms with van der Waals surface area (Å²) in [4.78, 5) is 14.3. The van der Waals surface area contributed by atoms with Crippen LogP contribution in [0.15, 0.2) is 30.3 Å². The Morgan fingerprint density at radius 2 is 1.94 bits per heavy atom. The van der Waals surface area contributed by atoms with Crippen molar-refractivity contribution in [2.24, 2.45) is 0 Å². The van der Waals surface area contributed by atoms with Crippen LogP contribution in [-0.4, -0.2) is 29.4 Å². The van der Waals surface area contributed by atoms with Gasteiger partial charge in [-0.2, -0.15) is 0 Å². The van der Waals surface area contributed by atoms with Gasteiger partial charge in [0, 0.05) is 25.0 Å². The molecule has 98 valence electrons. The van der Waals surface area contributed by atoms with Gasteiger partial charge >= 0.3 is 0 Å². The summed E-state index contributed by atoms with van der Waals surface area (Å²) in [6, 6.07) is 10.4. The van der Waals surface area contributed by atoms with E-state index in [0.29, 0.717) is 6.42 Å². The van der Waals surface area contributed by atoms with Crippen molar-refractivity contribution in [1.82, 2.24) is 10.2 Å². The molecular weight excluding hydrogens is 224 g/mol. The Bertz CT molecular complexity index is 414. The number of carbonyl (C=O) groups is 1. The van der Waals surface area contributed by atoms with Crippen molar-refractivity contribution in [2.45, 2.75) is 38.8 Å². The summed E-state index contributed by atoms with van der Waals surface area (Å²) >= 11 is 0. The SMILES string of the molecule is CC(c1ccccc1)N1CCNC(C)(C)CC1=O. The van der Waals surface area contributed by atoms with Crippen LogP contribution in [0.4, 0.5) is 0 Å². The molecule has 0 aliphatic carbocycles. The monoisotopic (exact) mass is 246 g/mol. The minimum Gasteiger partial charge on any atom is -0.335 e. The van der Waals surface area contributed by atoms with Crippen LogP contribution in [0.2, 0.25) is 0 Å². The zero-order valence-corrected chi connectivity index (χ0v) is 11.4. The first kappa shape index (κ1) is 13.1. The third-order valence-corrected chi connectivity index (χ3v) is 3.62. The molecule has 0 radical (unpaired) electrons. The molecule has 18 heavy (non-hydrogen) atoms. The summed E-state index contributed by atoms with van der Waals surface area (Å²) in [6.45, 7) is 7.91. The van der Waals surface area contributed by atoms with Gasteiger partial charge in [-0.1, -0.05) is 30.3 Å². The lowest BCUT2D eigenvalue weighted by Gasteiger charge is -2.28. The van der Waals surface area contributed by atoms with Crippen molar-refractivity contribution in [2.75, 3.05) is 13.1 Å². The number of hydrogen-bond acceptors (Lipinski definition) is 2. The van der Waals surface area contributed by atoms with Crippen LogP contribution in [0.1, 0.15) is 38.8 Å². The molecule has 1 aromatic carbocycles. The molecule has 1 N–H and O–H groups in total. The Hall–Kier alpha value is -1.35. The molecule has 0 bridgehead atoms. The smallest absolute Gasteiger partial charge is 0.224 e. The number of nitrogens with zero attached hydrogens (tertiary/aromatic N) is 1. The highest BCUT2D eigenvalue weighted by Gasteiger charge is 2.30. The molecule has 1 aromatic rings. The van der Waals surface area contributed by atoms with E-state index in [1.165, 1.54) is 5.56 Å². The molecule has 1 aliphatic rings. The Labute approximate surface area is 109 Å². The van der Waals surface area contributed by atoms with E-state index in [-0.39, 0.29) is 17.5 Å². The summed E-state index contributed by atoms with van der Waals surface area (Å²) in [5.41, 5.74) is 1.10. The van der Waals surface area contributed by atoms with Gasteiger partial charge in [-0.3, -0.25) is 4.79 Å². The minimum absolute atomic E-state index is 0.0950. The summed E-state index contributed by atoms with van der Waals surface area (Å²) in [5.74, 6) is 0.237. The number of nitrogens with one attached hydrogen (secondary N) is 1. The Morgan fingerprint density at radius 1 is 1.28 bits per heavy atom. The molecular formula is C15H22N2O. The van der Waals surface area contributed by atoms with Crippen molar-refractivity contribution in [3.63, 3.8) is 0 Å². The maximum absolute atomic E-state index is 12.3. The van der Waals surface area contributed by atoms with Crippen LogP contribution in [0.25, 0.3) is 0 Å². The van der Waals surface area contributed by atoms with E-state index < -0.39 is 0 Å². The fraction of sp³-hybridized carbons (Fsp3) is 0.533. The van der Waals surface area contributed by atoms with Gasteiger partial charge in [-0.25, -0.2) is 0 Å². The predicted octanol–water partition coefficient (Wildman–Crippen LogP) is 2.35. The van der Waals surface area contributed by atoms with Crippen molar-refractivity contribution >= 4 is 5.91 Å². The molecule has 1 aliphatic heterocycles. The van der Waals surface area contributed by atoms with E-state index in [0.717, 1.165) is 13.1 Å². The van der Waals surface area contributed by atoms with Crippen LogP contribution in [-0.2, 0) is 4.79 Å². The zero-order valence-electron chi connectivity index (χ0n) is 11.4. The lowest BCUT2D eigenvalue weighted by molar-refractivity contribution is -0.133. The standard InChI is InChI=1S/C15H22N2O/c1-12(13-7-5-4-6-8-13)17-10-9-16-15(2,3)11-14(17)18/h4-8,12,16H,9-11H2,1-3H3. The molecule has 3 nitrogen and oxygen atoms in total. The highest BCUT2D eigenvalue weighted by atomic mass is 16.2. The average Bonchev–Trinajstić information content (AvgIpc) is 2.47. The van der Waals surface area contributed by atoms with Crippen LogP contribution < -0.4 is 5.32 Å². The third-order valence-electron chi connectivity index (χ3n) is 3.62. The van der Waals surface area contributed by atoms with Crippen LogP contribution in [0, 0.1) is 0 Å². The molecule has 0 saturated carbocycles. The maximum Gasteiger partial charge on any atom is 0.224 e. The van der Waals surface area contributed by atoms with Gasteiger partial charge in [-0.05, 0) is 26.3 Å². The quantitative estimate of drug-likeness (QED) is 0.868. The topological polar surface area (TPSA) is 32.3 Å². The van der Waals surface area contributed by atoms with Crippen molar-refractivity contribution in [1.29, 1.82) is 0 Å². The fourth-order valence-corrected chi connectivity index (χ4v) is 2.50. The second kappa shape index (κ2) is 5.11. The molecule has 1 atom stereocenters. The fourth-order valence-electron chi connectivity index (χ4n) is 2.50. The van der Waals surface area contributed by atoms with Gasteiger partial charge < -0.3 is 10.2 Å². The van der Waals surface area contributed by atoms with Crippen molar-refractivity contribution in [3.05, 3.63) is 35.9 Å². The van der Waals surface area contributed by atoms with E-state index in [1.54, 1.807) is 0 Å². The molecule has 1 saturated heterocycles. The normalized spacial score (nSPS) is 21.5. The van der Waals surface area contributed by atoms with Crippen LogP contribution >= 0.6 is 0 Å². The largest absolute Gasteiger partial charge is 0.335 e. The molecule has 3 heteroatoms. The van der Waals surface area contributed by atoms with Gasteiger partial charge in [0.05, 0.1) is 6.04 Å². The summed E-state index contributed by atoms with van der Waals surface area (Å²) < 4.78 is 0. The summed E-state index contributed by atoms with van der Waals surface area (Å²) in [6.07, 6.45) is 0.560. The molecule has 1 unspecified atom stereocenters. The van der Waals surface area contributed by atoms with E-state index >= 15 is 0 Å². The molecule has 1 amide bonds. The predicted molar refractivity (Wildman–Crippen MR) is 73.3 cm³/mol. The number of benzene rings is 1. The summed E-state index contributed by atoms with van der Waals surface area (Å²) in [7, 11) is 0. The van der Waals surface area contributed by atoms with E-state index in [1.807, 2.05) is 23.1 Å². The number of carbonyl (C=O) groups excluding carboxylic acids is 1. The van der Waals surface area contributed by atoms with E-state index in [4.69, 9.17) is 0 Å². The van der Waals surface area contributed by atoms with Gasteiger partial charge in [-0.15, -0.1) is 0 Å². The van der Waals surface area contributed by atoms with Gasteiger partial charge in [0.15, 0.2) is 0 Å². The van der Waals surface area contributed by atoms with Crippen molar-refractivity contribution in [3.8, 4) is 0 Å². The molecule has 2 rings (SSSR count). The Morgan fingerprint density at radius 3 is 2.61 bits per heavy atom. The molecule has 1 fully saturated rings. The second-order valence-corrected chi connectivity index (χ2v) is 5.66.